The van der Waals surface area contributed by atoms with Crippen molar-refractivity contribution in [2.24, 2.45) is 0 Å². The fourth-order valence-corrected chi connectivity index (χ4v) is 10.1. The molecule has 0 spiro atoms. The van der Waals surface area contributed by atoms with Crippen molar-refractivity contribution in [3.05, 3.63) is 36.5 Å². The van der Waals surface area contributed by atoms with Crippen LogP contribution in [0.1, 0.15) is 367 Å². The molecule has 6 nitrogen and oxygen atoms in total. The summed E-state index contributed by atoms with van der Waals surface area (Å²) in [6.07, 6.45) is 78.9. The van der Waals surface area contributed by atoms with Crippen molar-refractivity contribution in [2.45, 2.75) is 374 Å². The normalized spacial score (nSPS) is 12.2. The third kappa shape index (κ3) is 62.4. The van der Waals surface area contributed by atoms with Crippen molar-refractivity contribution < 1.29 is 28.6 Å². The first kappa shape index (κ1) is 72.6. The van der Waals surface area contributed by atoms with Crippen LogP contribution in [0.5, 0.6) is 0 Å². The smallest absolute Gasteiger partial charge is 0.306 e. The van der Waals surface area contributed by atoms with E-state index >= 15 is 0 Å². The first-order chi connectivity index (χ1) is 37.0. The number of allylic oxidation sites excluding steroid dienone is 6. The van der Waals surface area contributed by atoms with E-state index < -0.39 is 6.10 Å². The Labute approximate surface area is 467 Å². The lowest BCUT2D eigenvalue weighted by molar-refractivity contribution is -0.167. The molecule has 0 radical (unpaired) electrons. The molecule has 0 saturated heterocycles. The summed E-state index contributed by atoms with van der Waals surface area (Å²) >= 11 is 0. The van der Waals surface area contributed by atoms with Gasteiger partial charge in [0.15, 0.2) is 6.10 Å². The standard InChI is InChI=1S/C69H128O6/c1-4-7-10-13-16-19-21-23-25-27-29-31-33-34-36-37-39-41-43-45-47-50-53-56-59-62-68(71)74-65-66(64-73-67(70)61-58-55-52-49-18-15-12-9-6-3)75-69(72)63-60-57-54-51-48-46-44-42-40-38-35-32-30-28-26-24-22-20-17-14-11-8-5-2/h21,23,27-30,66H,4-20,22,24-26,31-65H2,1-3H3/b23-21-,29-27-,30-28-. The predicted molar refractivity (Wildman–Crippen MR) is 326 cm³/mol. The van der Waals surface area contributed by atoms with Crippen LogP contribution >= 0.6 is 0 Å². The Kier molecular flexibility index (Phi) is 62.1. The van der Waals surface area contributed by atoms with Gasteiger partial charge in [0.25, 0.3) is 0 Å². The highest BCUT2D eigenvalue weighted by Gasteiger charge is 2.19. The minimum Gasteiger partial charge on any atom is -0.462 e. The molecule has 0 heterocycles. The van der Waals surface area contributed by atoms with Crippen molar-refractivity contribution in [1.82, 2.24) is 0 Å². The molecule has 0 rings (SSSR count). The third-order valence-electron chi connectivity index (χ3n) is 15.1. The minimum atomic E-state index is -0.769. The van der Waals surface area contributed by atoms with Crippen LogP contribution < -0.4 is 0 Å². The van der Waals surface area contributed by atoms with Gasteiger partial charge in [-0.1, -0.05) is 308 Å². The Hall–Kier alpha value is -2.37. The van der Waals surface area contributed by atoms with Crippen LogP contribution in [0, 0.1) is 0 Å². The first-order valence-electron chi connectivity index (χ1n) is 33.5. The predicted octanol–water partition coefficient (Wildman–Crippen LogP) is 22.8. The topological polar surface area (TPSA) is 78.9 Å². The van der Waals surface area contributed by atoms with Gasteiger partial charge < -0.3 is 14.2 Å². The van der Waals surface area contributed by atoms with Crippen LogP contribution in [-0.2, 0) is 28.6 Å². The van der Waals surface area contributed by atoms with Crippen molar-refractivity contribution in [3.8, 4) is 0 Å². The Bertz CT molecular complexity index is 1250. The van der Waals surface area contributed by atoms with Crippen LogP contribution in [0.15, 0.2) is 36.5 Å². The van der Waals surface area contributed by atoms with Gasteiger partial charge in [0.1, 0.15) is 13.2 Å². The molecule has 0 saturated carbocycles. The molecule has 0 aliphatic rings. The maximum absolute atomic E-state index is 12.9. The van der Waals surface area contributed by atoms with E-state index in [0.29, 0.717) is 19.3 Å². The molecule has 0 amide bonds. The molecule has 1 atom stereocenters. The zero-order valence-corrected chi connectivity index (χ0v) is 50.6. The number of esters is 3. The summed E-state index contributed by atoms with van der Waals surface area (Å²) in [5, 5.41) is 0. The van der Waals surface area contributed by atoms with Crippen molar-refractivity contribution >= 4 is 17.9 Å². The minimum absolute atomic E-state index is 0.0681. The number of hydrogen-bond donors (Lipinski definition) is 0. The van der Waals surface area contributed by atoms with Crippen LogP contribution in [0.4, 0.5) is 0 Å². The Balaban J connectivity index is 4.15. The SMILES string of the molecule is CCCCCCC/C=C\C/C=C\CCCCCCCCCCCCCCCC(=O)OCC(COC(=O)CCCCCCCCCCC)OC(=O)CCCCCCCCCCCCC/C=C\CCCCCCCCCC. The number of rotatable bonds is 62. The zero-order chi connectivity index (χ0) is 54.3. The second-order valence-corrected chi connectivity index (χ2v) is 22.7. The second-order valence-electron chi connectivity index (χ2n) is 22.7. The summed E-state index contributed by atoms with van der Waals surface area (Å²) in [5.74, 6) is -0.849. The third-order valence-corrected chi connectivity index (χ3v) is 15.1. The molecule has 0 aliphatic heterocycles. The highest BCUT2D eigenvalue weighted by atomic mass is 16.6. The van der Waals surface area contributed by atoms with E-state index in [4.69, 9.17) is 14.2 Å². The largest absolute Gasteiger partial charge is 0.462 e. The monoisotopic (exact) mass is 1050 g/mol. The van der Waals surface area contributed by atoms with Crippen LogP contribution in [0.2, 0.25) is 0 Å². The molecule has 0 bridgehead atoms. The van der Waals surface area contributed by atoms with Gasteiger partial charge in [0.05, 0.1) is 0 Å². The lowest BCUT2D eigenvalue weighted by atomic mass is 10.0. The van der Waals surface area contributed by atoms with Crippen LogP contribution in [0.3, 0.4) is 0 Å². The summed E-state index contributed by atoms with van der Waals surface area (Å²) in [4.78, 5) is 38.2. The van der Waals surface area contributed by atoms with Gasteiger partial charge in [0, 0.05) is 19.3 Å². The zero-order valence-electron chi connectivity index (χ0n) is 50.6. The van der Waals surface area contributed by atoms with Crippen LogP contribution in [0.25, 0.3) is 0 Å². The first-order valence-corrected chi connectivity index (χ1v) is 33.5. The van der Waals surface area contributed by atoms with Gasteiger partial charge in [-0.25, -0.2) is 0 Å². The van der Waals surface area contributed by atoms with Gasteiger partial charge in [-0.15, -0.1) is 0 Å². The number of carbonyl (C=O) groups excluding carboxylic acids is 3. The molecule has 0 aromatic rings. The average molecular weight is 1050 g/mol. The van der Waals surface area contributed by atoms with E-state index in [1.54, 1.807) is 0 Å². The number of hydrogen-bond acceptors (Lipinski definition) is 6. The number of unbranched alkanes of at least 4 members (excludes halogenated alkanes) is 45. The number of ether oxygens (including phenoxy) is 3. The van der Waals surface area contributed by atoms with Gasteiger partial charge in [-0.3, -0.25) is 14.4 Å². The summed E-state index contributed by atoms with van der Waals surface area (Å²) in [5.41, 5.74) is 0. The van der Waals surface area contributed by atoms with Crippen molar-refractivity contribution in [1.29, 1.82) is 0 Å². The molecular weight excluding hydrogens is 925 g/mol. The number of carbonyl (C=O) groups is 3. The summed E-state index contributed by atoms with van der Waals surface area (Å²) in [6.45, 7) is 6.67. The van der Waals surface area contributed by atoms with E-state index in [1.165, 1.54) is 263 Å². The molecule has 440 valence electrons. The van der Waals surface area contributed by atoms with Crippen molar-refractivity contribution in [2.75, 3.05) is 13.2 Å². The fraction of sp³-hybridized carbons (Fsp3) is 0.870. The highest BCUT2D eigenvalue weighted by Crippen LogP contribution is 2.18. The van der Waals surface area contributed by atoms with Gasteiger partial charge in [-0.2, -0.15) is 0 Å². The van der Waals surface area contributed by atoms with E-state index in [2.05, 4.69) is 57.2 Å². The molecule has 0 aromatic heterocycles. The highest BCUT2D eigenvalue weighted by molar-refractivity contribution is 5.71. The van der Waals surface area contributed by atoms with E-state index in [0.717, 1.165) is 64.2 Å². The fourth-order valence-electron chi connectivity index (χ4n) is 10.1. The van der Waals surface area contributed by atoms with Gasteiger partial charge in [-0.05, 0) is 77.0 Å². The van der Waals surface area contributed by atoms with E-state index in [1.807, 2.05) is 0 Å². The Morgan fingerprint density at radius 1 is 0.267 bits per heavy atom. The molecule has 0 aromatic carbocycles. The summed E-state index contributed by atoms with van der Waals surface area (Å²) in [7, 11) is 0. The lowest BCUT2D eigenvalue weighted by Crippen LogP contribution is -2.30. The molecule has 0 N–H and O–H groups in total. The summed E-state index contributed by atoms with van der Waals surface area (Å²) < 4.78 is 16.9. The molecule has 0 aliphatic carbocycles. The Morgan fingerprint density at radius 2 is 0.480 bits per heavy atom. The maximum atomic E-state index is 12.9. The summed E-state index contributed by atoms with van der Waals surface area (Å²) in [6, 6.07) is 0. The Morgan fingerprint density at radius 3 is 0.747 bits per heavy atom. The van der Waals surface area contributed by atoms with Gasteiger partial charge in [0.2, 0.25) is 0 Å². The van der Waals surface area contributed by atoms with E-state index in [-0.39, 0.29) is 31.1 Å². The van der Waals surface area contributed by atoms with E-state index in [9.17, 15) is 14.4 Å². The molecule has 1 unspecified atom stereocenters. The molecule has 0 fully saturated rings. The molecule has 6 heteroatoms. The van der Waals surface area contributed by atoms with Crippen LogP contribution in [-0.4, -0.2) is 37.2 Å². The average Bonchev–Trinajstić information content (AvgIpc) is 3.41. The van der Waals surface area contributed by atoms with Crippen molar-refractivity contribution in [3.63, 3.8) is 0 Å². The molecule has 75 heavy (non-hydrogen) atoms. The maximum Gasteiger partial charge on any atom is 0.306 e. The quantitative estimate of drug-likeness (QED) is 0.0261. The second kappa shape index (κ2) is 64.2. The molecular formula is C69H128O6. The lowest BCUT2D eigenvalue weighted by Gasteiger charge is -2.18. The van der Waals surface area contributed by atoms with Gasteiger partial charge >= 0.3 is 17.9 Å².